The molecule has 6 nitrogen and oxygen atoms in total. The van der Waals surface area contributed by atoms with E-state index in [9.17, 15) is 19.8 Å². The zero-order valence-electron chi connectivity index (χ0n) is 13.6. The van der Waals surface area contributed by atoms with E-state index in [4.69, 9.17) is 4.42 Å². The van der Waals surface area contributed by atoms with E-state index in [1.165, 1.54) is 6.07 Å². The van der Waals surface area contributed by atoms with Crippen LogP contribution in [0.5, 0.6) is 5.75 Å². The van der Waals surface area contributed by atoms with Crippen molar-refractivity contribution in [2.75, 3.05) is 0 Å². The van der Waals surface area contributed by atoms with Crippen LogP contribution >= 0.6 is 0 Å². The second-order valence-corrected chi connectivity index (χ2v) is 6.02. The van der Waals surface area contributed by atoms with Gasteiger partial charge in [0.25, 0.3) is 0 Å². The van der Waals surface area contributed by atoms with Gasteiger partial charge in [-0.05, 0) is 37.5 Å². The van der Waals surface area contributed by atoms with Crippen LogP contribution in [-0.4, -0.2) is 22.2 Å². The van der Waals surface area contributed by atoms with Crippen molar-refractivity contribution in [2.24, 2.45) is 5.92 Å². The molecular formula is C17H21NO5. The maximum Gasteiger partial charge on any atom is 0.339 e. The summed E-state index contributed by atoms with van der Waals surface area (Å²) in [5.74, 6) is -1.13. The van der Waals surface area contributed by atoms with Crippen molar-refractivity contribution >= 4 is 16.9 Å². The summed E-state index contributed by atoms with van der Waals surface area (Å²) in [6.07, 6.45) is 0. The van der Waals surface area contributed by atoms with Crippen LogP contribution in [0.1, 0.15) is 30.5 Å². The molecule has 0 saturated heterocycles. The Morgan fingerprint density at radius 2 is 1.91 bits per heavy atom. The Hall–Kier alpha value is -2.34. The average molecular weight is 319 g/mol. The molecule has 6 heteroatoms. The van der Waals surface area contributed by atoms with Crippen molar-refractivity contribution in [2.45, 2.75) is 40.3 Å². The Balaban J connectivity index is 2.50. The minimum absolute atomic E-state index is 0.0377. The van der Waals surface area contributed by atoms with Gasteiger partial charge in [0.2, 0.25) is 0 Å². The summed E-state index contributed by atoms with van der Waals surface area (Å²) >= 11 is 0. The third kappa shape index (κ3) is 3.22. The van der Waals surface area contributed by atoms with Gasteiger partial charge in [0.1, 0.15) is 17.4 Å². The zero-order chi connectivity index (χ0) is 17.3. The fourth-order valence-corrected chi connectivity index (χ4v) is 2.54. The van der Waals surface area contributed by atoms with Crippen LogP contribution in [0.4, 0.5) is 0 Å². The molecule has 2 aromatic rings. The summed E-state index contributed by atoms with van der Waals surface area (Å²) in [5, 5.41) is 23.0. The number of carboxylic acid groups (broad SMARTS) is 1. The second-order valence-electron chi connectivity index (χ2n) is 6.02. The smallest absolute Gasteiger partial charge is 0.339 e. The number of hydrogen-bond donors (Lipinski definition) is 3. The van der Waals surface area contributed by atoms with Crippen molar-refractivity contribution in [1.82, 2.24) is 5.32 Å². The lowest BCUT2D eigenvalue weighted by molar-refractivity contribution is -0.140. The molecule has 0 bridgehead atoms. The third-order valence-corrected chi connectivity index (χ3v) is 4.13. The molecule has 3 N–H and O–H groups in total. The van der Waals surface area contributed by atoms with Gasteiger partial charge in [-0.1, -0.05) is 13.8 Å². The molecular weight excluding hydrogens is 298 g/mol. The lowest BCUT2D eigenvalue weighted by Gasteiger charge is -2.19. The minimum Gasteiger partial charge on any atom is -0.507 e. The first-order valence-electron chi connectivity index (χ1n) is 7.45. The lowest BCUT2D eigenvalue weighted by atomic mass is 10.0. The van der Waals surface area contributed by atoms with Gasteiger partial charge in [0, 0.05) is 17.5 Å². The molecule has 23 heavy (non-hydrogen) atoms. The van der Waals surface area contributed by atoms with E-state index < -0.39 is 17.6 Å². The van der Waals surface area contributed by atoms with E-state index in [2.05, 4.69) is 5.32 Å². The molecule has 124 valence electrons. The van der Waals surface area contributed by atoms with Gasteiger partial charge in [0.05, 0.1) is 5.56 Å². The zero-order valence-corrected chi connectivity index (χ0v) is 13.6. The van der Waals surface area contributed by atoms with Gasteiger partial charge in [-0.15, -0.1) is 0 Å². The van der Waals surface area contributed by atoms with Crippen molar-refractivity contribution in [3.8, 4) is 5.75 Å². The molecule has 1 unspecified atom stereocenters. The number of hydrogen-bond acceptors (Lipinski definition) is 5. The normalized spacial score (nSPS) is 12.7. The molecule has 0 spiro atoms. The fourth-order valence-electron chi connectivity index (χ4n) is 2.54. The highest BCUT2D eigenvalue weighted by Gasteiger charge is 2.22. The van der Waals surface area contributed by atoms with Gasteiger partial charge < -0.3 is 14.6 Å². The lowest BCUT2D eigenvalue weighted by Crippen LogP contribution is -2.40. The molecule has 0 aliphatic carbocycles. The van der Waals surface area contributed by atoms with Crippen molar-refractivity contribution in [3.63, 3.8) is 0 Å². The number of nitrogens with one attached hydrogen (secondary N) is 1. The van der Waals surface area contributed by atoms with Crippen LogP contribution in [0.15, 0.2) is 21.3 Å². The Kier molecular flexibility index (Phi) is 4.75. The number of carbonyl (C=O) groups is 1. The Morgan fingerprint density at radius 3 is 2.48 bits per heavy atom. The quantitative estimate of drug-likeness (QED) is 0.731. The Bertz CT molecular complexity index is 807. The molecule has 0 radical (unpaired) electrons. The number of aliphatic carboxylic acids is 1. The second kappa shape index (κ2) is 6.42. The molecule has 2 rings (SSSR count). The molecule has 0 aliphatic rings. The van der Waals surface area contributed by atoms with Crippen LogP contribution in [0, 0.1) is 19.8 Å². The molecule has 1 heterocycles. The Morgan fingerprint density at radius 1 is 1.26 bits per heavy atom. The first kappa shape index (κ1) is 17.0. The van der Waals surface area contributed by atoms with E-state index in [1.54, 1.807) is 26.8 Å². The number of phenolic OH excluding ortho intramolecular Hbond substituents is 1. The predicted molar refractivity (Wildman–Crippen MR) is 86.7 cm³/mol. The molecule has 0 aliphatic heterocycles. The predicted octanol–water partition coefficient (Wildman–Crippen LogP) is 2.31. The largest absolute Gasteiger partial charge is 0.507 e. The van der Waals surface area contributed by atoms with Crippen LogP contribution in [0.3, 0.4) is 0 Å². The summed E-state index contributed by atoms with van der Waals surface area (Å²) in [5.41, 5.74) is 1.53. The van der Waals surface area contributed by atoms with E-state index in [-0.39, 0.29) is 18.2 Å². The summed E-state index contributed by atoms with van der Waals surface area (Å²) in [4.78, 5) is 23.2. The molecule has 1 atom stereocenters. The minimum atomic E-state index is -0.965. The summed E-state index contributed by atoms with van der Waals surface area (Å²) in [7, 11) is 0. The van der Waals surface area contributed by atoms with Crippen LogP contribution in [-0.2, 0) is 11.3 Å². The SMILES string of the molecule is Cc1c(C)c2ccc(O)c(CNC(C(=O)O)C(C)C)c2oc1=O. The van der Waals surface area contributed by atoms with Crippen LogP contribution in [0.25, 0.3) is 11.0 Å². The fraction of sp³-hybridized carbons (Fsp3) is 0.412. The van der Waals surface area contributed by atoms with Crippen LogP contribution < -0.4 is 10.9 Å². The van der Waals surface area contributed by atoms with Crippen LogP contribution in [0.2, 0.25) is 0 Å². The summed E-state index contributed by atoms with van der Waals surface area (Å²) in [6, 6.07) is 2.45. The highest BCUT2D eigenvalue weighted by Crippen LogP contribution is 2.29. The van der Waals surface area contributed by atoms with E-state index in [1.807, 2.05) is 6.92 Å². The number of aromatic hydroxyl groups is 1. The standard InChI is InChI=1S/C17H21NO5/c1-8(2)14(16(20)21)18-7-12-13(19)6-5-11-9(3)10(4)17(22)23-15(11)12/h5-6,8,14,18-19H,7H2,1-4H3,(H,20,21). The summed E-state index contributed by atoms with van der Waals surface area (Å²) in [6.45, 7) is 7.18. The highest BCUT2D eigenvalue weighted by molar-refractivity contribution is 5.85. The molecule has 1 aromatic heterocycles. The van der Waals surface area contributed by atoms with Gasteiger partial charge in [-0.25, -0.2) is 4.79 Å². The monoisotopic (exact) mass is 319 g/mol. The van der Waals surface area contributed by atoms with Gasteiger partial charge in [-0.3, -0.25) is 10.1 Å². The topological polar surface area (TPSA) is 99.8 Å². The van der Waals surface area contributed by atoms with Crippen molar-refractivity contribution in [3.05, 3.63) is 39.2 Å². The Labute approximate surface area is 133 Å². The van der Waals surface area contributed by atoms with Gasteiger partial charge in [-0.2, -0.15) is 0 Å². The number of fused-ring (bicyclic) bond motifs is 1. The number of benzene rings is 1. The van der Waals surface area contributed by atoms with Crippen molar-refractivity contribution < 1.29 is 19.4 Å². The van der Waals surface area contributed by atoms with Gasteiger partial charge in [0.15, 0.2) is 0 Å². The van der Waals surface area contributed by atoms with E-state index in [0.29, 0.717) is 16.7 Å². The average Bonchev–Trinajstić information content (AvgIpc) is 2.46. The third-order valence-electron chi connectivity index (χ3n) is 4.13. The van der Waals surface area contributed by atoms with Gasteiger partial charge >= 0.3 is 11.6 Å². The maximum atomic E-state index is 11.9. The molecule has 0 saturated carbocycles. The van der Waals surface area contributed by atoms with E-state index >= 15 is 0 Å². The summed E-state index contributed by atoms with van der Waals surface area (Å²) < 4.78 is 5.34. The molecule has 0 amide bonds. The molecule has 1 aromatic carbocycles. The molecule has 0 fully saturated rings. The maximum absolute atomic E-state index is 11.9. The number of phenols is 1. The van der Waals surface area contributed by atoms with E-state index in [0.717, 1.165) is 10.9 Å². The number of carboxylic acids is 1. The first-order chi connectivity index (χ1) is 10.7. The number of aryl methyl sites for hydroxylation is 1. The number of rotatable bonds is 5. The first-order valence-corrected chi connectivity index (χ1v) is 7.45. The van der Waals surface area contributed by atoms with Crippen molar-refractivity contribution in [1.29, 1.82) is 0 Å². The highest BCUT2D eigenvalue weighted by atomic mass is 16.4.